The molecule has 0 atom stereocenters. The van der Waals surface area contributed by atoms with E-state index in [1.54, 1.807) is 0 Å². The lowest BCUT2D eigenvalue weighted by Crippen LogP contribution is -2.10. The minimum atomic E-state index is 0.987. The van der Waals surface area contributed by atoms with Crippen LogP contribution >= 0.6 is 0 Å². The number of allylic oxidation sites excluding steroid dienone is 2. The molecule has 0 N–H and O–H groups in total. The molecule has 62 heavy (non-hydrogen) atoms. The molecule has 0 aliphatic heterocycles. The highest BCUT2D eigenvalue weighted by molar-refractivity contribution is 6.00. The van der Waals surface area contributed by atoms with Crippen LogP contribution in [0.3, 0.4) is 0 Å². The molecule has 2 aliphatic rings. The molecule has 0 spiro atoms. The number of nitrogens with zero attached hydrogens (tertiary/aromatic N) is 2. The van der Waals surface area contributed by atoms with Gasteiger partial charge in [-0.2, -0.15) is 0 Å². The second kappa shape index (κ2) is 16.3. The molecule has 0 aromatic heterocycles. The fourth-order valence-corrected chi connectivity index (χ4v) is 9.16. The van der Waals surface area contributed by atoms with Crippen LogP contribution < -0.4 is 9.80 Å². The third-order valence-corrected chi connectivity index (χ3v) is 12.1. The van der Waals surface area contributed by atoms with Crippen LogP contribution in [0.4, 0.5) is 34.1 Å². The summed E-state index contributed by atoms with van der Waals surface area (Å²) in [5.74, 6) is 0. The Kier molecular flexibility index (Phi) is 9.72. The molecule has 2 heteroatoms. The topological polar surface area (TPSA) is 6.48 Å². The van der Waals surface area contributed by atoms with Crippen molar-refractivity contribution >= 4 is 92.1 Å². The summed E-state index contributed by atoms with van der Waals surface area (Å²) >= 11 is 0. The van der Waals surface area contributed by atoms with Crippen LogP contribution in [0, 0.1) is 0 Å². The maximum Gasteiger partial charge on any atom is 0.0473 e. The van der Waals surface area contributed by atoms with Gasteiger partial charge in [0, 0.05) is 34.1 Å². The standard InChI is InChI=1S/C60H44N2/c1-3-19-53(20-4-1)61(57-39-49-15-7-11-47-12-8-16-50(40-57)59(47)49)55-35-31-45(32-36-55)29-27-43-23-25-44(26-24-43)28-30-46-33-37-56(38-34-46)62(54-21-5-2-6-22-54)58-41-51-17-9-13-48-14-10-18-52(42-58)60(48)51/h1-11,13,15-42H,12,14H2. The molecule has 0 radical (unpaired) electrons. The van der Waals surface area contributed by atoms with Gasteiger partial charge in [-0.3, -0.25) is 0 Å². The van der Waals surface area contributed by atoms with Gasteiger partial charge in [-0.05, 0) is 152 Å². The van der Waals surface area contributed by atoms with Crippen molar-refractivity contribution in [1.82, 2.24) is 0 Å². The molecular formula is C60H44N2. The van der Waals surface area contributed by atoms with E-state index in [4.69, 9.17) is 0 Å². The van der Waals surface area contributed by atoms with Gasteiger partial charge in [0.2, 0.25) is 0 Å². The normalized spacial score (nSPS) is 12.8. The molecule has 9 aromatic rings. The van der Waals surface area contributed by atoms with Crippen molar-refractivity contribution in [2.24, 2.45) is 0 Å². The average Bonchev–Trinajstić information content (AvgIpc) is 3.33. The Morgan fingerprint density at radius 2 is 0.661 bits per heavy atom. The third kappa shape index (κ3) is 7.33. The first kappa shape index (κ1) is 37.1. The van der Waals surface area contributed by atoms with Crippen molar-refractivity contribution in [2.75, 3.05) is 9.80 Å². The summed E-state index contributed by atoms with van der Waals surface area (Å²) < 4.78 is 0. The summed E-state index contributed by atoms with van der Waals surface area (Å²) in [5, 5.41) is 5.29. The molecular weight excluding hydrogens is 749 g/mol. The lowest BCUT2D eigenvalue weighted by Gasteiger charge is -2.27. The monoisotopic (exact) mass is 792 g/mol. The highest BCUT2D eigenvalue weighted by Gasteiger charge is 2.18. The molecule has 0 bridgehead atoms. The maximum absolute atomic E-state index is 2.35. The SMILES string of the molecule is C1=Cc2cc(N(c3ccccc3)c3ccc(C=Cc4ccc(C=Cc5ccc(N(c6ccccc6)c6cc7c8c(cccc8c6)CC=C7)cc5)cc4)cc3)cc3cccc(c23)C1. The molecule has 0 fully saturated rings. The van der Waals surface area contributed by atoms with E-state index in [0.29, 0.717) is 0 Å². The first-order chi connectivity index (χ1) is 30.7. The van der Waals surface area contributed by atoms with E-state index in [0.717, 1.165) is 69.2 Å². The first-order valence-corrected chi connectivity index (χ1v) is 21.5. The van der Waals surface area contributed by atoms with Crippen LogP contribution in [-0.4, -0.2) is 0 Å². The van der Waals surface area contributed by atoms with E-state index in [9.17, 15) is 0 Å². The van der Waals surface area contributed by atoms with Gasteiger partial charge >= 0.3 is 0 Å². The second-order valence-electron chi connectivity index (χ2n) is 16.2. The molecule has 0 amide bonds. The van der Waals surface area contributed by atoms with Crippen LogP contribution in [-0.2, 0) is 12.8 Å². The summed E-state index contributed by atoms with van der Waals surface area (Å²) in [6, 6.07) is 70.4. The van der Waals surface area contributed by atoms with Crippen molar-refractivity contribution in [2.45, 2.75) is 12.8 Å². The Hall–Kier alpha value is -7.94. The Morgan fingerprint density at radius 3 is 1.05 bits per heavy atom. The average molecular weight is 793 g/mol. The zero-order chi connectivity index (χ0) is 41.2. The summed E-state index contributed by atoms with van der Waals surface area (Å²) in [4.78, 5) is 4.71. The fourth-order valence-electron chi connectivity index (χ4n) is 9.16. The van der Waals surface area contributed by atoms with Crippen molar-refractivity contribution in [3.63, 3.8) is 0 Å². The lowest BCUT2D eigenvalue weighted by atomic mass is 9.92. The predicted molar refractivity (Wildman–Crippen MR) is 267 cm³/mol. The van der Waals surface area contributed by atoms with Crippen molar-refractivity contribution in [3.8, 4) is 0 Å². The van der Waals surface area contributed by atoms with Crippen LogP contribution in [0.5, 0.6) is 0 Å². The number of benzene rings is 9. The second-order valence-corrected chi connectivity index (χ2v) is 16.2. The van der Waals surface area contributed by atoms with Gasteiger partial charge in [0.05, 0.1) is 0 Å². The van der Waals surface area contributed by atoms with E-state index in [1.165, 1.54) is 43.8 Å². The Morgan fingerprint density at radius 1 is 0.306 bits per heavy atom. The van der Waals surface area contributed by atoms with Gasteiger partial charge in [0.25, 0.3) is 0 Å². The molecule has 294 valence electrons. The van der Waals surface area contributed by atoms with Crippen molar-refractivity contribution in [3.05, 3.63) is 251 Å². The zero-order valence-corrected chi connectivity index (χ0v) is 34.4. The summed E-state index contributed by atoms with van der Waals surface area (Å²) in [7, 11) is 0. The lowest BCUT2D eigenvalue weighted by molar-refractivity contribution is 1.27. The molecule has 2 aliphatic carbocycles. The van der Waals surface area contributed by atoms with Crippen molar-refractivity contribution < 1.29 is 0 Å². The van der Waals surface area contributed by atoms with Gasteiger partial charge < -0.3 is 9.80 Å². The van der Waals surface area contributed by atoms with Gasteiger partial charge in [-0.25, -0.2) is 0 Å². The molecule has 0 unspecified atom stereocenters. The van der Waals surface area contributed by atoms with Gasteiger partial charge in [-0.15, -0.1) is 0 Å². The smallest absolute Gasteiger partial charge is 0.0473 e. The highest BCUT2D eigenvalue weighted by Crippen LogP contribution is 2.41. The first-order valence-electron chi connectivity index (χ1n) is 21.5. The fraction of sp³-hybridized carbons (Fsp3) is 0.0333. The number of anilines is 6. The summed E-state index contributed by atoms with van der Waals surface area (Å²) in [6.45, 7) is 0. The Bertz CT molecular complexity index is 2970. The van der Waals surface area contributed by atoms with Gasteiger partial charge in [-0.1, -0.05) is 170 Å². The molecule has 11 rings (SSSR count). The number of rotatable bonds is 10. The Labute approximate surface area is 364 Å². The van der Waals surface area contributed by atoms with Crippen LogP contribution in [0.15, 0.2) is 206 Å². The van der Waals surface area contributed by atoms with E-state index < -0.39 is 0 Å². The Balaban J connectivity index is 0.795. The molecule has 2 nitrogen and oxygen atoms in total. The number of hydrogen-bond acceptors (Lipinski definition) is 2. The molecule has 0 saturated heterocycles. The largest absolute Gasteiger partial charge is 0.310 e. The van der Waals surface area contributed by atoms with E-state index in [1.807, 2.05) is 0 Å². The molecule has 9 aromatic carbocycles. The van der Waals surface area contributed by atoms with Crippen molar-refractivity contribution in [1.29, 1.82) is 0 Å². The van der Waals surface area contributed by atoms with Crippen LogP contribution in [0.25, 0.3) is 58.0 Å². The number of hydrogen-bond donors (Lipinski definition) is 0. The number of para-hydroxylation sites is 2. The van der Waals surface area contributed by atoms with Crippen LogP contribution in [0.2, 0.25) is 0 Å². The zero-order valence-electron chi connectivity index (χ0n) is 34.4. The summed E-state index contributed by atoms with van der Waals surface area (Å²) in [5.41, 5.74) is 16.8. The van der Waals surface area contributed by atoms with E-state index >= 15 is 0 Å². The van der Waals surface area contributed by atoms with Gasteiger partial charge in [0.15, 0.2) is 0 Å². The van der Waals surface area contributed by atoms with E-state index in [-0.39, 0.29) is 0 Å². The minimum absolute atomic E-state index is 0.987. The molecule has 0 heterocycles. The van der Waals surface area contributed by atoms with E-state index in [2.05, 4.69) is 253 Å². The molecule has 0 saturated carbocycles. The van der Waals surface area contributed by atoms with Crippen LogP contribution in [0.1, 0.15) is 44.5 Å². The minimum Gasteiger partial charge on any atom is -0.310 e. The quantitative estimate of drug-likeness (QED) is 0.127. The summed E-state index contributed by atoms with van der Waals surface area (Å²) in [6.07, 6.45) is 19.8. The predicted octanol–water partition coefficient (Wildman–Crippen LogP) is 16.4. The third-order valence-electron chi connectivity index (χ3n) is 12.1. The maximum atomic E-state index is 2.35. The van der Waals surface area contributed by atoms with Gasteiger partial charge in [0.1, 0.15) is 0 Å². The highest BCUT2D eigenvalue weighted by atomic mass is 15.1.